The number of hydrogen-bond acceptors (Lipinski definition) is 3. The molecule has 1 aliphatic heterocycles. The predicted octanol–water partition coefficient (Wildman–Crippen LogP) is 3.73. The molecule has 1 aromatic carbocycles. The highest BCUT2D eigenvalue weighted by Crippen LogP contribution is 2.21. The summed E-state index contributed by atoms with van der Waals surface area (Å²) in [4.78, 5) is 12.9. The normalized spacial score (nSPS) is 15.0. The van der Waals surface area contributed by atoms with Crippen molar-refractivity contribution in [3.8, 4) is 0 Å². The number of nitrogens with one attached hydrogen (secondary N) is 1. The molecule has 1 fully saturated rings. The third-order valence-electron chi connectivity index (χ3n) is 3.99. The van der Waals surface area contributed by atoms with E-state index in [0.29, 0.717) is 0 Å². The van der Waals surface area contributed by atoms with Crippen molar-refractivity contribution in [3.05, 3.63) is 24.3 Å². The molecule has 21 heavy (non-hydrogen) atoms. The van der Waals surface area contributed by atoms with Crippen LogP contribution in [0.15, 0.2) is 24.3 Å². The van der Waals surface area contributed by atoms with E-state index in [-0.39, 0.29) is 6.42 Å². The van der Waals surface area contributed by atoms with Gasteiger partial charge in [0.15, 0.2) is 0 Å². The summed E-state index contributed by atoms with van der Waals surface area (Å²) in [6, 6.07) is 8.67. The Morgan fingerprint density at radius 3 is 2.43 bits per heavy atom. The van der Waals surface area contributed by atoms with Crippen LogP contribution < -0.4 is 10.2 Å². The molecule has 1 aromatic rings. The Morgan fingerprint density at radius 1 is 1.05 bits per heavy atom. The van der Waals surface area contributed by atoms with Crippen molar-refractivity contribution >= 4 is 17.3 Å². The molecule has 1 heterocycles. The van der Waals surface area contributed by atoms with Crippen LogP contribution in [0, 0.1) is 0 Å². The second-order valence-corrected chi connectivity index (χ2v) is 5.73. The fourth-order valence-electron chi connectivity index (χ4n) is 2.75. The van der Waals surface area contributed by atoms with Crippen molar-refractivity contribution in [2.45, 2.75) is 44.9 Å². The van der Waals surface area contributed by atoms with E-state index in [0.717, 1.165) is 31.5 Å². The molecule has 4 heteroatoms. The summed E-state index contributed by atoms with van der Waals surface area (Å²) in [7, 11) is 0. The Kier molecular flexibility index (Phi) is 6.38. The number of aliphatic carboxylic acids is 1. The van der Waals surface area contributed by atoms with Crippen LogP contribution in [0.1, 0.15) is 44.9 Å². The van der Waals surface area contributed by atoms with Gasteiger partial charge in [0.1, 0.15) is 0 Å². The van der Waals surface area contributed by atoms with Crippen LogP contribution in [0.4, 0.5) is 11.4 Å². The summed E-state index contributed by atoms with van der Waals surface area (Å²) < 4.78 is 0. The van der Waals surface area contributed by atoms with Crippen LogP contribution >= 0.6 is 0 Å². The minimum Gasteiger partial charge on any atom is -0.481 e. The molecule has 0 aromatic heterocycles. The first-order valence-electron chi connectivity index (χ1n) is 8.06. The van der Waals surface area contributed by atoms with Gasteiger partial charge in [-0.2, -0.15) is 0 Å². The van der Waals surface area contributed by atoms with Crippen molar-refractivity contribution in [2.24, 2.45) is 0 Å². The van der Waals surface area contributed by atoms with Crippen LogP contribution in [0.25, 0.3) is 0 Å². The maximum atomic E-state index is 10.4. The van der Waals surface area contributed by atoms with E-state index in [9.17, 15) is 4.79 Å². The number of anilines is 2. The van der Waals surface area contributed by atoms with Gasteiger partial charge in [0.05, 0.1) is 0 Å². The van der Waals surface area contributed by atoms with Gasteiger partial charge in [-0.1, -0.05) is 6.42 Å². The Hall–Kier alpha value is -1.71. The fraction of sp³-hybridized carbons (Fsp3) is 0.588. The molecular formula is C17H26N2O2. The van der Waals surface area contributed by atoms with Crippen molar-refractivity contribution < 1.29 is 9.90 Å². The highest BCUT2D eigenvalue weighted by atomic mass is 16.4. The molecule has 0 unspecified atom stereocenters. The zero-order valence-corrected chi connectivity index (χ0v) is 12.7. The largest absolute Gasteiger partial charge is 0.481 e. The lowest BCUT2D eigenvalue weighted by Gasteiger charge is -2.28. The predicted molar refractivity (Wildman–Crippen MR) is 87.1 cm³/mol. The molecule has 1 saturated heterocycles. The zero-order chi connectivity index (χ0) is 14.9. The molecule has 0 atom stereocenters. The molecule has 116 valence electrons. The Bertz CT molecular complexity index is 425. The first kappa shape index (κ1) is 15.7. The van der Waals surface area contributed by atoms with E-state index in [1.165, 1.54) is 38.0 Å². The number of carbonyl (C=O) groups is 1. The molecule has 0 bridgehead atoms. The number of carboxylic acids is 1. The summed E-state index contributed by atoms with van der Waals surface area (Å²) in [5.41, 5.74) is 2.47. The van der Waals surface area contributed by atoms with E-state index >= 15 is 0 Å². The number of rotatable bonds is 8. The van der Waals surface area contributed by atoms with E-state index < -0.39 is 5.97 Å². The molecule has 0 spiro atoms. The number of nitrogens with zero attached hydrogens (tertiary/aromatic N) is 1. The van der Waals surface area contributed by atoms with Crippen molar-refractivity contribution in [1.82, 2.24) is 0 Å². The van der Waals surface area contributed by atoms with Crippen molar-refractivity contribution in [2.75, 3.05) is 29.9 Å². The van der Waals surface area contributed by atoms with E-state index in [2.05, 4.69) is 34.5 Å². The Balaban J connectivity index is 1.66. The van der Waals surface area contributed by atoms with Gasteiger partial charge in [-0.05, 0) is 56.4 Å². The second-order valence-electron chi connectivity index (χ2n) is 5.73. The number of carboxylic acid groups (broad SMARTS) is 1. The van der Waals surface area contributed by atoms with Gasteiger partial charge in [0, 0.05) is 37.4 Å². The van der Waals surface area contributed by atoms with Gasteiger partial charge in [-0.15, -0.1) is 0 Å². The van der Waals surface area contributed by atoms with Crippen LogP contribution in [-0.4, -0.2) is 30.7 Å². The summed E-state index contributed by atoms with van der Waals surface area (Å²) in [5.74, 6) is -0.698. The van der Waals surface area contributed by atoms with Crippen LogP contribution in [-0.2, 0) is 4.79 Å². The minimum absolute atomic E-state index is 0.282. The quantitative estimate of drug-likeness (QED) is 0.716. The molecule has 4 nitrogen and oxygen atoms in total. The average Bonchev–Trinajstić information content (AvgIpc) is 2.52. The highest BCUT2D eigenvalue weighted by molar-refractivity contribution is 5.66. The molecule has 2 N–H and O–H groups in total. The Morgan fingerprint density at radius 2 is 1.76 bits per heavy atom. The fourth-order valence-corrected chi connectivity index (χ4v) is 2.75. The first-order chi connectivity index (χ1) is 10.3. The summed E-state index contributed by atoms with van der Waals surface area (Å²) in [6.07, 6.45) is 6.99. The smallest absolute Gasteiger partial charge is 0.303 e. The first-order valence-corrected chi connectivity index (χ1v) is 8.06. The van der Waals surface area contributed by atoms with Crippen LogP contribution in [0.2, 0.25) is 0 Å². The summed E-state index contributed by atoms with van der Waals surface area (Å²) in [6.45, 7) is 3.26. The maximum Gasteiger partial charge on any atom is 0.303 e. The van der Waals surface area contributed by atoms with Gasteiger partial charge in [-0.25, -0.2) is 0 Å². The van der Waals surface area contributed by atoms with Gasteiger partial charge in [0.2, 0.25) is 0 Å². The van der Waals surface area contributed by atoms with Gasteiger partial charge in [-0.3, -0.25) is 4.79 Å². The zero-order valence-electron chi connectivity index (χ0n) is 12.7. The lowest BCUT2D eigenvalue weighted by Crippen LogP contribution is -2.29. The molecule has 2 rings (SSSR count). The number of hydrogen-bond donors (Lipinski definition) is 2. The van der Waals surface area contributed by atoms with Crippen LogP contribution in [0.5, 0.6) is 0 Å². The molecule has 0 aliphatic carbocycles. The third-order valence-corrected chi connectivity index (χ3v) is 3.99. The minimum atomic E-state index is -0.698. The average molecular weight is 290 g/mol. The summed E-state index contributed by atoms with van der Waals surface area (Å²) in [5, 5.41) is 12.0. The van der Waals surface area contributed by atoms with E-state index in [4.69, 9.17) is 5.11 Å². The number of benzene rings is 1. The number of unbranched alkanes of at least 4 members (excludes halogenated alkanes) is 2. The van der Waals surface area contributed by atoms with Crippen molar-refractivity contribution in [3.63, 3.8) is 0 Å². The molecule has 0 amide bonds. The van der Waals surface area contributed by atoms with E-state index in [1.54, 1.807) is 0 Å². The molecular weight excluding hydrogens is 264 g/mol. The summed E-state index contributed by atoms with van der Waals surface area (Å²) >= 11 is 0. The van der Waals surface area contributed by atoms with Gasteiger partial charge >= 0.3 is 5.97 Å². The standard InChI is InChI=1S/C17H26N2O2/c20-17(21)7-3-1-4-12-18-15-8-10-16(11-9-15)19-13-5-2-6-14-19/h8-11,18H,1-7,12-14H2,(H,20,21). The number of piperidine rings is 1. The monoisotopic (exact) mass is 290 g/mol. The molecule has 0 saturated carbocycles. The second kappa shape index (κ2) is 8.55. The van der Waals surface area contributed by atoms with Crippen LogP contribution in [0.3, 0.4) is 0 Å². The maximum absolute atomic E-state index is 10.4. The topological polar surface area (TPSA) is 52.6 Å². The SMILES string of the molecule is O=C(O)CCCCCNc1ccc(N2CCCCC2)cc1. The Labute approximate surface area is 127 Å². The lowest BCUT2D eigenvalue weighted by molar-refractivity contribution is -0.137. The van der Waals surface area contributed by atoms with Crippen molar-refractivity contribution in [1.29, 1.82) is 0 Å². The third kappa shape index (κ3) is 5.66. The molecule has 0 radical (unpaired) electrons. The van der Waals surface area contributed by atoms with E-state index in [1.807, 2.05) is 0 Å². The highest BCUT2D eigenvalue weighted by Gasteiger charge is 2.10. The lowest BCUT2D eigenvalue weighted by atomic mass is 10.1. The van der Waals surface area contributed by atoms with Gasteiger partial charge in [0.25, 0.3) is 0 Å². The van der Waals surface area contributed by atoms with Gasteiger partial charge < -0.3 is 15.3 Å². The molecule has 1 aliphatic rings.